The van der Waals surface area contributed by atoms with Crippen LogP contribution in [0.2, 0.25) is 0 Å². The van der Waals surface area contributed by atoms with Crippen molar-refractivity contribution < 1.29 is 14.8 Å². The second-order valence-corrected chi connectivity index (χ2v) is 4.40. The molecule has 7 nitrogen and oxygen atoms in total. The standard InChI is InChI=1S/C11H17N3O4/c1-7(2)8(6-15)12-11(16)9-4-5-10(13(9)3)14(17)18/h4-5,7-8,15H,6H2,1-3H3,(H,12,16). The number of aromatic nitrogens is 1. The molecule has 0 spiro atoms. The zero-order valence-electron chi connectivity index (χ0n) is 10.6. The molecule has 0 radical (unpaired) electrons. The quantitative estimate of drug-likeness (QED) is 0.597. The number of rotatable bonds is 5. The Bertz CT molecular complexity index is 453. The number of amides is 1. The summed E-state index contributed by atoms with van der Waals surface area (Å²) in [6, 6.07) is 2.30. The molecule has 2 N–H and O–H groups in total. The Morgan fingerprint density at radius 1 is 1.56 bits per heavy atom. The zero-order valence-corrected chi connectivity index (χ0v) is 10.6. The smallest absolute Gasteiger partial charge is 0.323 e. The van der Waals surface area contributed by atoms with Crippen LogP contribution in [0.15, 0.2) is 12.1 Å². The molecule has 1 aromatic rings. The van der Waals surface area contributed by atoms with Crippen LogP contribution in [0.1, 0.15) is 24.3 Å². The van der Waals surface area contributed by atoms with Crippen LogP contribution in [-0.4, -0.2) is 33.2 Å². The van der Waals surface area contributed by atoms with Gasteiger partial charge in [-0.1, -0.05) is 13.8 Å². The number of carbonyl (C=O) groups is 1. The van der Waals surface area contributed by atoms with Crippen LogP contribution in [0.3, 0.4) is 0 Å². The molecule has 7 heteroatoms. The van der Waals surface area contributed by atoms with E-state index in [4.69, 9.17) is 5.11 Å². The molecule has 1 amide bonds. The van der Waals surface area contributed by atoms with Crippen molar-refractivity contribution in [3.8, 4) is 0 Å². The van der Waals surface area contributed by atoms with Crippen LogP contribution in [0, 0.1) is 16.0 Å². The van der Waals surface area contributed by atoms with Crippen molar-refractivity contribution in [2.45, 2.75) is 19.9 Å². The van der Waals surface area contributed by atoms with E-state index in [9.17, 15) is 14.9 Å². The fourth-order valence-corrected chi connectivity index (χ4v) is 1.58. The van der Waals surface area contributed by atoms with Gasteiger partial charge in [-0.3, -0.25) is 4.79 Å². The third kappa shape index (κ3) is 2.86. The lowest BCUT2D eigenvalue weighted by Gasteiger charge is -2.19. The molecule has 1 unspecified atom stereocenters. The highest BCUT2D eigenvalue weighted by Crippen LogP contribution is 2.15. The van der Waals surface area contributed by atoms with E-state index in [-0.39, 0.29) is 30.1 Å². The van der Waals surface area contributed by atoms with Gasteiger partial charge in [-0.2, -0.15) is 0 Å². The van der Waals surface area contributed by atoms with E-state index in [0.29, 0.717) is 0 Å². The minimum Gasteiger partial charge on any atom is -0.394 e. The van der Waals surface area contributed by atoms with Gasteiger partial charge in [0.05, 0.1) is 19.7 Å². The Labute approximate surface area is 105 Å². The van der Waals surface area contributed by atoms with Crippen molar-refractivity contribution >= 4 is 11.7 Å². The van der Waals surface area contributed by atoms with Crippen molar-refractivity contribution in [2.24, 2.45) is 13.0 Å². The van der Waals surface area contributed by atoms with E-state index in [0.717, 1.165) is 0 Å². The van der Waals surface area contributed by atoms with E-state index in [2.05, 4.69) is 5.32 Å². The summed E-state index contributed by atoms with van der Waals surface area (Å²) >= 11 is 0. The molecule has 100 valence electrons. The van der Waals surface area contributed by atoms with Gasteiger partial charge >= 0.3 is 5.82 Å². The van der Waals surface area contributed by atoms with Gasteiger partial charge in [0.25, 0.3) is 5.91 Å². The molecule has 0 bridgehead atoms. The highest BCUT2D eigenvalue weighted by Gasteiger charge is 2.23. The number of nitrogens with zero attached hydrogens (tertiary/aromatic N) is 2. The van der Waals surface area contributed by atoms with Gasteiger partial charge in [0.15, 0.2) is 5.69 Å². The Hall–Kier alpha value is -1.89. The number of hydrogen-bond acceptors (Lipinski definition) is 4. The monoisotopic (exact) mass is 255 g/mol. The lowest BCUT2D eigenvalue weighted by molar-refractivity contribution is -0.391. The lowest BCUT2D eigenvalue weighted by atomic mass is 10.1. The van der Waals surface area contributed by atoms with Crippen molar-refractivity contribution in [3.63, 3.8) is 0 Å². The number of nitro groups is 1. The fourth-order valence-electron chi connectivity index (χ4n) is 1.58. The summed E-state index contributed by atoms with van der Waals surface area (Å²) in [6.45, 7) is 3.57. The molecule has 1 rings (SSSR count). The fraction of sp³-hybridized carbons (Fsp3) is 0.545. The van der Waals surface area contributed by atoms with Crippen LogP contribution >= 0.6 is 0 Å². The maximum Gasteiger partial charge on any atom is 0.323 e. The van der Waals surface area contributed by atoms with Crippen molar-refractivity contribution in [2.75, 3.05) is 6.61 Å². The van der Waals surface area contributed by atoms with E-state index in [1.807, 2.05) is 13.8 Å². The van der Waals surface area contributed by atoms with Crippen LogP contribution < -0.4 is 5.32 Å². The minimum absolute atomic E-state index is 0.0780. The molecule has 1 heterocycles. The summed E-state index contributed by atoms with van der Waals surface area (Å²) in [5.74, 6) is -0.502. The highest BCUT2D eigenvalue weighted by molar-refractivity contribution is 5.93. The van der Waals surface area contributed by atoms with Crippen molar-refractivity contribution in [1.82, 2.24) is 9.88 Å². The van der Waals surface area contributed by atoms with E-state index in [1.54, 1.807) is 0 Å². The minimum atomic E-state index is -0.553. The Balaban J connectivity index is 2.88. The van der Waals surface area contributed by atoms with Gasteiger partial charge in [0, 0.05) is 6.07 Å². The summed E-state index contributed by atoms with van der Waals surface area (Å²) in [5.41, 5.74) is 0.195. The van der Waals surface area contributed by atoms with Crippen LogP contribution in [-0.2, 0) is 7.05 Å². The van der Waals surface area contributed by atoms with Crippen LogP contribution in [0.4, 0.5) is 5.82 Å². The summed E-state index contributed by atoms with van der Waals surface area (Å²) in [4.78, 5) is 22.0. The van der Waals surface area contributed by atoms with Gasteiger partial charge in [-0.25, -0.2) is 4.57 Å². The van der Waals surface area contributed by atoms with Gasteiger partial charge in [0.2, 0.25) is 0 Å². The third-order valence-electron chi connectivity index (χ3n) is 2.83. The van der Waals surface area contributed by atoms with Gasteiger partial charge < -0.3 is 20.5 Å². The molecular weight excluding hydrogens is 238 g/mol. The molecule has 0 aromatic carbocycles. The number of carbonyl (C=O) groups excluding carboxylic acids is 1. The molecule has 0 saturated carbocycles. The first-order valence-electron chi connectivity index (χ1n) is 5.60. The highest BCUT2D eigenvalue weighted by atomic mass is 16.6. The largest absolute Gasteiger partial charge is 0.394 e. The predicted octanol–water partition coefficient (Wildman–Crippen LogP) is 0.680. The summed E-state index contributed by atoms with van der Waals surface area (Å²) in [7, 11) is 1.45. The van der Waals surface area contributed by atoms with E-state index >= 15 is 0 Å². The Morgan fingerprint density at radius 3 is 2.56 bits per heavy atom. The second kappa shape index (κ2) is 5.63. The first-order chi connectivity index (χ1) is 8.38. The average molecular weight is 255 g/mol. The first-order valence-corrected chi connectivity index (χ1v) is 5.60. The molecule has 0 aliphatic heterocycles. The number of nitrogens with one attached hydrogen (secondary N) is 1. The number of aliphatic hydroxyl groups is 1. The van der Waals surface area contributed by atoms with Crippen molar-refractivity contribution in [3.05, 3.63) is 27.9 Å². The summed E-state index contributed by atoms with van der Waals surface area (Å²) in [6.07, 6.45) is 0. The van der Waals surface area contributed by atoms with Crippen LogP contribution in [0.5, 0.6) is 0 Å². The second-order valence-electron chi connectivity index (χ2n) is 4.40. The predicted molar refractivity (Wildman–Crippen MR) is 65.2 cm³/mol. The normalized spacial score (nSPS) is 12.5. The maximum atomic E-state index is 11.9. The molecular formula is C11H17N3O4. The molecule has 1 atom stereocenters. The van der Waals surface area contributed by atoms with Gasteiger partial charge in [-0.15, -0.1) is 0 Å². The van der Waals surface area contributed by atoms with Crippen molar-refractivity contribution in [1.29, 1.82) is 0 Å². The van der Waals surface area contributed by atoms with E-state index in [1.165, 1.54) is 23.7 Å². The zero-order chi connectivity index (χ0) is 13.9. The lowest BCUT2D eigenvalue weighted by Crippen LogP contribution is -2.41. The SMILES string of the molecule is CC(C)C(CO)NC(=O)c1ccc([N+](=O)[O-])n1C. The summed E-state index contributed by atoms with van der Waals surface area (Å²) in [5, 5.41) is 22.4. The van der Waals surface area contributed by atoms with Gasteiger partial charge in [0.1, 0.15) is 0 Å². The maximum absolute atomic E-state index is 11.9. The Morgan fingerprint density at radius 2 is 2.17 bits per heavy atom. The third-order valence-corrected chi connectivity index (χ3v) is 2.83. The molecule has 0 aliphatic rings. The molecule has 0 aliphatic carbocycles. The summed E-state index contributed by atoms with van der Waals surface area (Å²) < 4.78 is 1.21. The van der Waals surface area contributed by atoms with Crippen LogP contribution in [0.25, 0.3) is 0 Å². The van der Waals surface area contributed by atoms with Gasteiger partial charge in [-0.05, 0) is 16.9 Å². The molecule has 0 fully saturated rings. The number of hydrogen-bond donors (Lipinski definition) is 2. The molecule has 1 aromatic heterocycles. The topological polar surface area (TPSA) is 97.4 Å². The average Bonchev–Trinajstić information content (AvgIpc) is 2.67. The number of aliphatic hydroxyl groups excluding tert-OH is 1. The Kier molecular flexibility index (Phi) is 4.43. The first kappa shape index (κ1) is 14.2. The molecule has 18 heavy (non-hydrogen) atoms. The molecule has 0 saturated heterocycles. The van der Waals surface area contributed by atoms with E-state index < -0.39 is 10.8 Å².